The van der Waals surface area contributed by atoms with Crippen molar-refractivity contribution in [3.8, 4) is 0 Å². The number of rotatable bonds is 13. The molecule has 1 saturated heterocycles. The predicted octanol–water partition coefficient (Wildman–Crippen LogP) is 3.48. The summed E-state index contributed by atoms with van der Waals surface area (Å²) in [5.41, 5.74) is 2.70. The smallest absolute Gasteiger partial charge is 0.0701 e. The molecule has 5 heteroatoms. The Labute approximate surface area is 172 Å². The molecule has 1 aliphatic heterocycles. The van der Waals surface area contributed by atoms with E-state index in [0.717, 1.165) is 58.9 Å². The molecule has 0 radical (unpaired) electrons. The zero-order chi connectivity index (χ0) is 20.2. The number of ether oxygens (including phenoxy) is 2. The molecule has 1 heterocycles. The van der Waals surface area contributed by atoms with Crippen molar-refractivity contribution in [2.75, 3.05) is 71.1 Å². The van der Waals surface area contributed by atoms with Crippen LogP contribution in [0.4, 0.5) is 5.69 Å². The van der Waals surface area contributed by atoms with Gasteiger partial charge < -0.3 is 14.4 Å². The number of nitrogens with zero attached hydrogens (tertiary/aromatic N) is 3. The third-order valence-electron chi connectivity index (χ3n) is 5.43. The number of benzene rings is 1. The van der Waals surface area contributed by atoms with Crippen molar-refractivity contribution in [1.82, 2.24) is 9.80 Å². The van der Waals surface area contributed by atoms with E-state index in [1.807, 2.05) is 0 Å². The summed E-state index contributed by atoms with van der Waals surface area (Å²) >= 11 is 0. The molecule has 160 valence electrons. The lowest BCUT2D eigenvalue weighted by atomic mass is 10.1. The lowest BCUT2D eigenvalue weighted by Gasteiger charge is -2.38. The highest BCUT2D eigenvalue weighted by Crippen LogP contribution is 2.18. The maximum atomic E-state index is 5.67. The van der Waals surface area contributed by atoms with Crippen LogP contribution in [0.5, 0.6) is 0 Å². The highest BCUT2D eigenvalue weighted by molar-refractivity contribution is 5.48. The van der Waals surface area contributed by atoms with Crippen molar-refractivity contribution in [2.24, 2.45) is 0 Å². The summed E-state index contributed by atoms with van der Waals surface area (Å²) in [6.07, 6.45) is 2.32. The largest absolute Gasteiger partial charge is 0.379 e. The van der Waals surface area contributed by atoms with Gasteiger partial charge in [-0.3, -0.25) is 9.80 Å². The normalized spacial score (nSPS) is 15.7. The van der Waals surface area contributed by atoms with Crippen molar-refractivity contribution in [1.29, 1.82) is 0 Å². The fourth-order valence-electron chi connectivity index (χ4n) is 3.49. The summed E-state index contributed by atoms with van der Waals surface area (Å²) in [5, 5.41) is 0. The zero-order valence-corrected chi connectivity index (χ0v) is 18.5. The number of unbranched alkanes of at least 4 members (excludes halogenated alkanes) is 1. The van der Waals surface area contributed by atoms with Crippen LogP contribution in [0.3, 0.4) is 0 Å². The van der Waals surface area contributed by atoms with Gasteiger partial charge in [0.25, 0.3) is 0 Å². The Morgan fingerprint density at radius 1 is 0.929 bits per heavy atom. The molecule has 0 unspecified atom stereocenters. The fourth-order valence-corrected chi connectivity index (χ4v) is 3.49. The van der Waals surface area contributed by atoms with Gasteiger partial charge in [-0.25, -0.2) is 0 Å². The number of hydrogen-bond acceptors (Lipinski definition) is 5. The minimum absolute atomic E-state index is 0.651. The van der Waals surface area contributed by atoms with Gasteiger partial charge in [0.1, 0.15) is 0 Å². The third-order valence-corrected chi connectivity index (χ3v) is 5.43. The predicted molar refractivity (Wildman–Crippen MR) is 118 cm³/mol. The molecule has 0 spiro atoms. The number of anilines is 1. The van der Waals surface area contributed by atoms with Gasteiger partial charge in [-0.1, -0.05) is 25.5 Å². The summed E-state index contributed by atoms with van der Waals surface area (Å²) in [5.74, 6) is 0. The van der Waals surface area contributed by atoms with Crippen LogP contribution >= 0.6 is 0 Å². The highest BCUT2D eigenvalue weighted by Gasteiger charge is 2.18. The Morgan fingerprint density at radius 3 is 2.18 bits per heavy atom. The minimum atomic E-state index is 0.651. The van der Waals surface area contributed by atoms with Crippen LogP contribution in [0.25, 0.3) is 0 Å². The van der Waals surface area contributed by atoms with E-state index < -0.39 is 0 Å². The van der Waals surface area contributed by atoms with Crippen molar-refractivity contribution < 1.29 is 9.47 Å². The van der Waals surface area contributed by atoms with Gasteiger partial charge in [-0.2, -0.15) is 0 Å². The monoisotopic (exact) mass is 391 g/mol. The van der Waals surface area contributed by atoms with Crippen LogP contribution in [-0.2, 0) is 16.0 Å². The van der Waals surface area contributed by atoms with Crippen LogP contribution in [0.15, 0.2) is 24.3 Å². The molecule has 0 aliphatic carbocycles. The second-order valence-corrected chi connectivity index (χ2v) is 8.10. The quantitative estimate of drug-likeness (QED) is 0.480. The van der Waals surface area contributed by atoms with Gasteiger partial charge >= 0.3 is 0 Å². The molecule has 5 nitrogen and oxygen atoms in total. The Kier molecular flexibility index (Phi) is 10.9. The van der Waals surface area contributed by atoms with Crippen LogP contribution in [0.1, 0.15) is 39.2 Å². The summed E-state index contributed by atoms with van der Waals surface area (Å²) in [6.45, 7) is 16.2. The molecule has 2 rings (SSSR count). The third kappa shape index (κ3) is 8.48. The standard InChI is InChI=1S/C23H41N3O2/c1-5-6-16-27-18-19-28-17-15-24(4)20-22-7-9-23(10-8-22)26-13-11-25(12-14-26)21(2)3/h7-10,21H,5-6,11-20H2,1-4H3. The first kappa shape index (κ1) is 23.1. The van der Waals surface area contributed by atoms with E-state index in [4.69, 9.17) is 9.47 Å². The van der Waals surface area contributed by atoms with Crippen LogP contribution in [0, 0.1) is 0 Å². The van der Waals surface area contributed by atoms with E-state index in [0.29, 0.717) is 19.3 Å². The topological polar surface area (TPSA) is 28.2 Å². The Morgan fingerprint density at radius 2 is 1.57 bits per heavy atom. The Bertz CT molecular complexity index is 513. The zero-order valence-electron chi connectivity index (χ0n) is 18.5. The average Bonchev–Trinajstić information content (AvgIpc) is 2.70. The second kappa shape index (κ2) is 13.2. The molecule has 0 atom stereocenters. The molecule has 1 aromatic carbocycles. The molecular formula is C23H41N3O2. The van der Waals surface area contributed by atoms with E-state index >= 15 is 0 Å². The maximum Gasteiger partial charge on any atom is 0.0701 e. The van der Waals surface area contributed by atoms with Crippen LogP contribution in [0.2, 0.25) is 0 Å². The molecule has 0 N–H and O–H groups in total. The molecule has 0 amide bonds. The summed E-state index contributed by atoms with van der Waals surface area (Å²) in [6, 6.07) is 9.74. The van der Waals surface area contributed by atoms with Crippen molar-refractivity contribution in [2.45, 2.75) is 46.2 Å². The Balaban J connectivity index is 1.61. The lowest BCUT2D eigenvalue weighted by Crippen LogP contribution is -2.48. The van der Waals surface area contributed by atoms with Gasteiger partial charge in [0.15, 0.2) is 0 Å². The molecule has 0 aromatic heterocycles. The van der Waals surface area contributed by atoms with Crippen LogP contribution in [-0.4, -0.2) is 82.0 Å². The van der Waals surface area contributed by atoms with Crippen LogP contribution < -0.4 is 4.90 Å². The van der Waals surface area contributed by atoms with Crippen molar-refractivity contribution in [3.05, 3.63) is 29.8 Å². The molecule has 0 bridgehead atoms. The number of hydrogen-bond donors (Lipinski definition) is 0. The van der Waals surface area contributed by atoms with Crippen molar-refractivity contribution >= 4 is 5.69 Å². The van der Waals surface area contributed by atoms with Crippen molar-refractivity contribution in [3.63, 3.8) is 0 Å². The first-order chi connectivity index (χ1) is 13.6. The molecule has 0 saturated carbocycles. The maximum absolute atomic E-state index is 5.67. The number of likely N-dealkylation sites (N-methyl/N-ethyl adjacent to an activating group) is 1. The van der Waals surface area contributed by atoms with Gasteiger partial charge in [0.05, 0.1) is 19.8 Å². The summed E-state index contributed by atoms with van der Waals surface area (Å²) in [4.78, 5) is 7.37. The summed E-state index contributed by atoms with van der Waals surface area (Å²) < 4.78 is 11.2. The highest BCUT2D eigenvalue weighted by atomic mass is 16.5. The van der Waals surface area contributed by atoms with Gasteiger partial charge in [0.2, 0.25) is 0 Å². The molecule has 1 aliphatic rings. The molecule has 28 heavy (non-hydrogen) atoms. The molecular weight excluding hydrogens is 350 g/mol. The van der Waals surface area contributed by atoms with E-state index in [-0.39, 0.29) is 0 Å². The fraction of sp³-hybridized carbons (Fsp3) is 0.739. The summed E-state index contributed by atoms with van der Waals surface area (Å²) in [7, 11) is 2.15. The molecule has 1 aromatic rings. The minimum Gasteiger partial charge on any atom is -0.379 e. The first-order valence-corrected chi connectivity index (χ1v) is 11.0. The van der Waals surface area contributed by atoms with Gasteiger partial charge in [0, 0.05) is 57.6 Å². The van der Waals surface area contributed by atoms with E-state index in [1.165, 1.54) is 17.7 Å². The molecule has 1 fully saturated rings. The van der Waals surface area contributed by atoms with E-state index in [2.05, 4.69) is 66.8 Å². The van der Waals surface area contributed by atoms with Gasteiger partial charge in [-0.15, -0.1) is 0 Å². The SMILES string of the molecule is CCCCOCCOCCN(C)Cc1ccc(N2CCN(C(C)C)CC2)cc1. The number of piperazine rings is 1. The van der Waals surface area contributed by atoms with E-state index in [9.17, 15) is 0 Å². The first-order valence-electron chi connectivity index (χ1n) is 11.0. The second-order valence-electron chi connectivity index (χ2n) is 8.10. The lowest BCUT2D eigenvalue weighted by molar-refractivity contribution is 0.0394. The van der Waals surface area contributed by atoms with E-state index in [1.54, 1.807) is 0 Å². The average molecular weight is 392 g/mol. The Hall–Kier alpha value is -1.14. The van der Waals surface area contributed by atoms with Gasteiger partial charge in [-0.05, 0) is 45.0 Å².